The lowest BCUT2D eigenvalue weighted by Crippen LogP contribution is -2.53. The predicted molar refractivity (Wildman–Crippen MR) is 85.1 cm³/mol. The number of amides is 2. The zero-order chi connectivity index (χ0) is 17.3. The Balaban J connectivity index is 4.86. The van der Waals surface area contributed by atoms with E-state index >= 15 is 0 Å². The van der Waals surface area contributed by atoms with Gasteiger partial charge in [-0.2, -0.15) is 0 Å². The summed E-state index contributed by atoms with van der Waals surface area (Å²) in [6, 6.07) is -1.74. The van der Waals surface area contributed by atoms with Gasteiger partial charge in [0.05, 0.1) is 12.6 Å². The number of rotatable bonds is 10. The maximum atomic E-state index is 12.2. The Labute approximate surface area is 132 Å². The van der Waals surface area contributed by atoms with Crippen molar-refractivity contribution in [3.63, 3.8) is 0 Å². The van der Waals surface area contributed by atoms with Crippen molar-refractivity contribution < 1.29 is 19.5 Å². The number of Topliss-reactive ketones (excluding diaryl/α,β-unsaturated/α-hetero) is 1. The van der Waals surface area contributed by atoms with Crippen molar-refractivity contribution in [1.82, 2.24) is 10.6 Å². The van der Waals surface area contributed by atoms with Gasteiger partial charge < -0.3 is 15.7 Å². The quantitative estimate of drug-likeness (QED) is 0.523. The van der Waals surface area contributed by atoms with Crippen LogP contribution in [0.2, 0.25) is 0 Å². The standard InChI is InChI=1S/C16H28N2O4/c1-6-7-14(20)17-13(9-19)16(22)18-12(8-10(2)3)15(21)11(4)5/h11-13,19H,2,6-9H2,1,3-5H3,(H,17,20)(H,18,22). The van der Waals surface area contributed by atoms with Crippen molar-refractivity contribution in [3.8, 4) is 0 Å². The highest BCUT2D eigenvalue weighted by Crippen LogP contribution is 2.09. The Morgan fingerprint density at radius 1 is 1.14 bits per heavy atom. The number of aliphatic hydroxyl groups is 1. The fourth-order valence-corrected chi connectivity index (χ4v) is 1.93. The molecule has 2 amide bonds. The van der Waals surface area contributed by atoms with E-state index in [1.807, 2.05) is 6.92 Å². The van der Waals surface area contributed by atoms with Crippen molar-refractivity contribution in [2.45, 2.75) is 59.0 Å². The molecular weight excluding hydrogens is 284 g/mol. The van der Waals surface area contributed by atoms with E-state index in [9.17, 15) is 19.5 Å². The van der Waals surface area contributed by atoms with Crippen LogP contribution < -0.4 is 10.6 Å². The summed E-state index contributed by atoms with van der Waals surface area (Å²) in [4.78, 5) is 35.8. The number of carbonyl (C=O) groups excluding carboxylic acids is 3. The summed E-state index contributed by atoms with van der Waals surface area (Å²) in [5.41, 5.74) is 0.773. The van der Waals surface area contributed by atoms with Crippen molar-refractivity contribution in [3.05, 3.63) is 12.2 Å². The van der Waals surface area contributed by atoms with Crippen LogP contribution in [0.1, 0.15) is 47.0 Å². The molecule has 0 aromatic carbocycles. The normalized spacial score (nSPS) is 13.4. The SMILES string of the molecule is C=C(C)CC(NC(=O)C(CO)NC(=O)CCC)C(=O)C(C)C. The first-order valence-electron chi connectivity index (χ1n) is 7.61. The maximum absolute atomic E-state index is 12.2. The Morgan fingerprint density at radius 3 is 2.14 bits per heavy atom. The maximum Gasteiger partial charge on any atom is 0.245 e. The summed E-state index contributed by atoms with van der Waals surface area (Å²) >= 11 is 0. The largest absolute Gasteiger partial charge is 0.394 e. The Kier molecular flexibility index (Phi) is 9.33. The van der Waals surface area contributed by atoms with Gasteiger partial charge in [-0.3, -0.25) is 14.4 Å². The third kappa shape index (κ3) is 7.36. The fraction of sp³-hybridized carbons (Fsp3) is 0.688. The average Bonchev–Trinajstić information content (AvgIpc) is 2.42. The molecule has 0 radical (unpaired) electrons. The minimum atomic E-state index is -1.05. The molecule has 0 spiro atoms. The van der Waals surface area contributed by atoms with Crippen LogP contribution in [0.3, 0.4) is 0 Å². The molecule has 0 rings (SSSR count). The fourth-order valence-electron chi connectivity index (χ4n) is 1.93. The number of nitrogens with one attached hydrogen (secondary N) is 2. The zero-order valence-corrected chi connectivity index (χ0v) is 13.9. The summed E-state index contributed by atoms with van der Waals surface area (Å²) in [6.45, 7) is 10.4. The molecule has 0 aromatic rings. The van der Waals surface area contributed by atoms with Gasteiger partial charge in [-0.25, -0.2) is 0 Å². The smallest absolute Gasteiger partial charge is 0.245 e. The van der Waals surface area contributed by atoms with Crippen LogP contribution in [0.25, 0.3) is 0 Å². The van der Waals surface area contributed by atoms with Crippen LogP contribution in [0.4, 0.5) is 0 Å². The Morgan fingerprint density at radius 2 is 1.73 bits per heavy atom. The van der Waals surface area contributed by atoms with Gasteiger partial charge in [0.15, 0.2) is 5.78 Å². The van der Waals surface area contributed by atoms with E-state index in [1.54, 1.807) is 20.8 Å². The van der Waals surface area contributed by atoms with Gasteiger partial charge in [-0.15, -0.1) is 6.58 Å². The minimum Gasteiger partial charge on any atom is -0.394 e. The van der Waals surface area contributed by atoms with E-state index in [4.69, 9.17) is 0 Å². The molecule has 0 fully saturated rings. The second-order valence-corrected chi connectivity index (χ2v) is 5.83. The number of hydrogen-bond donors (Lipinski definition) is 3. The van der Waals surface area contributed by atoms with Crippen molar-refractivity contribution >= 4 is 17.6 Å². The minimum absolute atomic E-state index is 0.104. The summed E-state index contributed by atoms with van der Waals surface area (Å²) < 4.78 is 0. The summed E-state index contributed by atoms with van der Waals surface area (Å²) in [5.74, 6) is -1.20. The van der Waals surface area contributed by atoms with Crippen LogP contribution in [0.5, 0.6) is 0 Å². The van der Waals surface area contributed by atoms with Gasteiger partial charge in [0.1, 0.15) is 6.04 Å². The number of aliphatic hydroxyl groups excluding tert-OH is 1. The summed E-state index contributed by atoms with van der Waals surface area (Å²) in [7, 11) is 0. The molecule has 126 valence electrons. The van der Waals surface area contributed by atoms with Crippen molar-refractivity contribution in [2.24, 2.45) is 5.92 Å². The molecule has 0 aromatic heterocycles. The lowest BCUT2D eigenvalue weighted by molar-refractivity contribution is -0.133. The molecule has 2 unspecified atom stereocenters. The van der Waals surface area contributed by atoms with Crippen molar-refractivity contribution in [2.75, 3.05) is 6.61 Å². The zero-order valence-electron chi connectivity index (χ0n) is 13.9. The molecule has 0 saturated carbocycles. The topological polar surface area (TPSA) is 95.5 Å². The number of carbonyl (C=O) groups is 3. The average molecular weight is 312 g/mol. The summed E-state index contributed by atoms with van der Waals surface area (Å²) in [6.07, 6.45) is 1.27. The van der Waals surface area contributed by atoms with Gasteiger partial charge >= 0.3 is 0 Å². The van der Waals surface area contributed by atoms with E-state index in [-0.39, 0.29) is 24.0 Å². The van der Waals surface area contributed by atoms with Crippen LogP contribution >= 0.6 is 0 Å². The Hall–Kier alpha value is -1.69. The molecular formula is C16H28N2O4. The third-order valence-corrected chi connectivity index (χ3v) is 3.09. The van der Waals surface area contributed by atoms with Crippen LogP contribution in [0.15, 0.2) is 12.2 Å². The lowest BCUT2D eigenvalue weighted by atomic mass is 9.96. The molecule has 6 nitrogen and oxygen atoms in total. The van der Waals surface area contributed by atoms with E-state index < -0.39 is 24.6 Å². The lowest BCUT2D eigenvalue weighted by Gasteiger charge is -2.23. The summed E-state index contributed by atoms with van der Waals surface area (Å²) in [5, 5.41) is 14.3. The second kappa shape index (κ2) is 10.1. The van der Waals surface area contributed by atoms with Gasteiger partial charge in [0.25, 0.3) is 0 Å². The molecule has 6 heteroatoms. The van der Waals surface area contributed by atoms with E-state index in [0.29, 0.717) is 12.8 Å². The molecule has 2 atom stereocenters. The first-order valence-corrected chi connectivity index (χ1v) is 7.61. The number of hydrogen-bond acceptors (Lipinski definition) is 4. The second-order valence-electron chi connectivity index (χ2n) is 5.83. The number of ketones is 1. The van der Waals surface area contributed by atoms with Crippen molar-refractivity contribution in [1.29, 1.82) is 0 Å². The molecule has 0 heterocycles. The predicted octanol–water partition coefficient (Wildman–Crippen LogP) is 0.940. The first-order chi connectivity index (χ1) is 10.2. The monoisotopic (exact) mass is 312 g/mol. The molecule has 0 aliphatic heterocycles. The highest BCUT2D eigenvalue weighted by atomic mass is 16.3. The molecule has 0 saturated heterocycles. The van der Waals surface area contributed by atoms with Gasteiger partial charge in [-0.05, 0) is 19.8 Å². The molecule has 22 heavy (non-hydrogen) atoms. The highest BCUT2D eigenvalue weighted by Gasteiger charge is 2.27. The van der Waals surface area contributed by atoms with Gasteiger partial charge in [-0.1, -0.05) is 26.3 Å². The van der Waals surface area contributed by atoms with Crippen LogP contribution in [-0.2, 0) is 14.4 Å². The highest BCUT2D eigenvalue weighted by molar-refractivity contribution is 5.93. The third-order valence-electron chi connectivity index (χ3n) is 3.09. The van der Waals surface area contributed by atoms with Gasteiger partial charge in [0.2, 0.25) is 11.8 Å². The van der Waals surface area contributed by atoms with Gasteiger partial charge in [0, 0.05) is 12.3 Å². The Bertz CT molecular complexity index is 418. The van der Waals surface area contributed by atoms with Crippen LogP contribution in [-0.4, -0.2) is 41.4 Å². The van der Waals surface area contributed by atoms with E-state index in [1.165, 1.54) is 0 Å². The molecule has 3 N–H and O–H groups in total. The first kappa shape index (κ1) is 20.3. The molecule has 0 aliphatic rings. The molecule has 0 bridgehead atoms. The molecule has 0 aliphatic carbocycles. The van der Waals surface area contributed by atoms with E-state index in [0.717, 1.165) is 5.57 Å². The van der Waals surface area contributed by atoms with E-state index in [2.05, 4.69) is 17.2 Å². The van der Waals surface area contributed by atoms with Crippen LogP contribution in [0, 0.1) is 5.92 Å².